The fraction of sp³-hybridized carbons (Fsp3) is 0.154. The first-order valence-electron chi connectivity index (χ1n) is 5.67. The van der Waals surface area contributed by atoms with Gasteiger partial charge in [-0.2, -0.15) is 0 Å². The minimum Gasteiger partial charge on any atom is -0.397 e. The molecule has 0 radical (unpaired) electrons. The SMILES string of the molecule is Nc1ccc(N2C(=O)CCC2=O)c2cccnc12. The number of nitrogens with zero attached hydrogens (tertiary/aromatic N) is 2. The molecule has 1 aromatic heterocycles. The molecule has 5 nitrogen and oxygen atoms in total. The Balaban J connectivity index is 2.27. The summed E-state index contributed by atoms with van der Waals surface area (Å²) in [6.07, 6.45) is 2.17. The molecule has 1 aromatic carbocycles. The number of hydrogen-bond donors (Lipinski definition) is 1. The third kappa shape index (κ3) is 1.44. The second-order valence-corrected chi connectivity index (χ2v) is 4.20. The molecule has 3 rings (SSSR count). The predicted molar refractivity (Wildman–Crippen MR) is 67.9 cm³/mol. The quantitative estimate of drug-likeness (QED) is 0.606. The normalized spacial score (nSPS) is 15.7. The fourth-order valence-corrected chi connectivity index (χ4v) is 2.22. The Morgan fingerprint density at radius 1 is 1.11 bits per heavy atom. The number of carbonyl (C=O) groups is 2. The van der Waals surface area contributed by atoms with Gasteiger partial charge in [-0.15, -0.1) is 0 Å². The van der Waals surface area contributed by atoms with E-state index in [1.165, 1.54) is 4.90 Å². The van der Waals surface area contributed by atoms with E-state index < -0.39 is 0 Å². The van der Waals surface area contributed by atoms with Crippen molar-refractivity contribution in [1.29, 1.82) is 0 Å². The molecule has 0 saturated carbocycles. The van der Waals surface area contributed by atoms with E-state index in [0.29, 0.717) is 16.9 Å². The van der Waals surface area contributed by atoms with Crippen molar-refractivity contribution in [3.63, 3.8) is 0 Å². The van der Waals surface area contributed by atoms with Crippen LogP contribution in [0, 0.1) is 0 Å². The van der Waals surface area contributed by atoms with E-state index >= 15 is 0 Å². The molecule has 90 valence electrons. The summed E-state index contributed by atoms with van der Waals surface area (Å²) in [4.78, 5) is 28.9. The zero-order valence-electron chi connectivity index (χ0n) is 9.59. The van der Waals surface area contributed by atoms with Crippen LogP contribution in [0.15, 0.2) is 30.5 Å². The van der Waals surface area contributed by atoms with Crippen LogP contribution in [0.25, 0.3) is 10.9 Å². The average Bonchev–Trinajstić information content (AvgIpc) is 2.71. The summed E-state index contributed by atoms with van der Waals surface area (Å²) in [5.41, 5.74) is 7.56. The molecule has 2 aromatic rings. The number of nitrogen functional groups attached to an aromatic ring is 1. The summed E-state index contributed by atoms with van der Waals surface area (Å²) in [6.45, 7) is 0. The van der Waals surface area contributed by atoms with Crippen LogP contribution in [0.2, 0.25) is 0 Å². The molecule has 0 unspecified atom stereocenters. The molecule has 18 heavy (non-hydrogen) atoms. The van der Waals surface area contributed by atoms with Crippen LogP contribution in [0.5, 0.6) is 0 Å². The highest BCUT2D eigenvalue weighted by molar-refractivity contribution is 6.23. The Labute approximate surface area is 103 Å². The van der Waals surface area contributed by atoms with Crippen LogP contribution < -0.4 is 10.6 Å². The number of aromatic nitrogens is 1. The molecule has 0 spiro atoms. The number of hydrogen-bond acceptors (Lipinski definition) is 4. The van der Waals surface area contributed by atoms with E-state index in [0.717, 1.165) is 5.39 Å². The third-order valence-corrected chi connectivity index (χ3v) is 3.07. The second-order valence-electron chi connectivity index (χ2n) is 4.20. The van der Waals surface area contributed by atoms with Gasteiger partial charge in [-0.05, 0) is 24.3 Å². The summed E-state index contributed by atoms with van der Waals surface area (Å²) in [7, 11) is 0. The summed E-state index contributed by atoms with van der Waals surface area (Å²) < 4.78 is 0. The van der Waals surface area contributed by atoms with E-state index in [1.807, 2.05) is 6.07 Å². The highest BCUT2D eigenvalue weighted by Crippen LogP contribution is 2.32. The van der Waals surface area contributed by atoms with Crippen LogP contribution >= 0.6 is 0 Å². The fourth-order valence-electron chi connectivity index (χ4n) is 2.22. The number of fused-ring (bicyclic) bond motifs is 1. The maximum atomic E-state index is 11.8. The van der Waals surface area contributed by atoms with Gasteiger partial charge in [0, 0.05) is 24.4 Å². The van der Waals surface area contributed by atoms with Gasteiger partial charge in [0.1, 0.15) is 0 Å². The molecule has 0 aliphatic carbocycles. The molecule has 1 aliphatic heterocycles. The number of anilines is 2. The summed E-state index contributed by atoms with van der Waals surface area (Å²) in [6, 6.07) is 6.94. The van der Waals surface area contributed by atoms with E-state index in [4.69, 9.17) is 5.73 Å². The Bertz CT molecular complexity index is 650. The molecule has 2 heterocycles. The Kier molecular flexibility index (Phi) is 2.26. The maximum absolute atomic E-state index is 11.8. The zero-order chi connectivity index (χ0) is 12.7. The van der Waals surface area contributed by atoms with Crippen molar-refractivity contribution in [2.45, 2.75) is 12.8 Å². The number of rotatable bonds is 1. The van der Waals surface area contributed by atoms with Gasteiger partial charge in [-0.1, -0.05) is 0 Å². The molecule has 1 fully saturated rings. The lowest BCUT2D eigenvalue weighted by Gasteiger charge is -2.16. The molecule has 1 saturated heterocycles. The minimum absolute atomic E-state index is 0.171. The summed E-state index contributed by atoms with van der Waals surface area (Å²) >= 11 is 0. The monoisotopic (exact) mass is 241 g/mol. The van der Waals surface area contributed by atoms with Crippen LogP contribution in [0.1, 0.15) is 12.8 Å². The van der Waals surface area contributed by atoms with Crippen molar-refractivity contribution in [3.05, 3.63) is 30.5 Å². The Morgan fingerprint density at radius 3 is 2.56 bits per heavy atom. The van der Waals surface area contributed by atoms with Gasteiger partial charge < -0.3 is 5.73 Å². The lowest BCUT2D eigenvalue weighted by molar-refractivity contribution is -0.121. The molecule has 1 aliphatic rings. The molecule has 0 atom stereocenters. The van der Waals surface area contributed by atoms with E-state index in [-0.39, 0.29) is 24.7 Å². The van der Waals surface area contributed by atoms with Gasteiger partial charge >= 0.3 is 0 Å². The Hall–Kier alpha value is -2.43. The van der Waals surface area contributed by atoms with Gasteiger partial charge in [0.15, 0.2) is 0 Å². The van der Waals surface area contributed by atoms with Crippen LogP contribution in [0.3, 0.4) is 0 Å². The first-order chi connectivity index (χ1) is 8.68. The van der Waals surface area contributed by atoms with Gasteiger partial charge in [0.25, 0.3) is 0 Å². The molecular weight excluding hydrogens is 230 g/mol. The summed E-state index contributed by atoms with van der Waals surface area (Å²) in [5, 5.41) is 0.723. The standard InChI is InChI=1S/C13H11N3O2/c14-9-3-4-10(8-2-1-7-15-13(8)9)16-11(17)5-6-12(16)18/h1-4,7H,5-6,14H2. The number of amides is 2. The van der Waals surface area contributed by atoms with Crippen molar-refractivity contribution < 1.29 is 9.59 Å². The van der Waals surface area contributed by atoms with Crippen molar-refractivity contribution in [2.24, 2.45) is 0 Å². The van der Waals surface area contributed by atoms with Crippen LogP contribution in [-0.4, -0.2) is 16.8 Å². The molecule has 5 heteroatoms. The largest absolute Gasteiger partial charge is 0.397 e. The van der Waals surface area contributed by atoms with Gasteiger partial charge in [0.05, 0.1) is 16.9 Å². The zero-order valence-corrected chi connectivity index (χ0v) is 9.59. The van der Waals surface area contributed by atoms with Crippen molar-refractivity contribution in [2.75, 3.05) is 10.6 Å². The lowest BCUT2D eigenvalue weighted by atomic mass is 10.1. The second kappa shape index (κ2) is 3.80. The first kappa shape index (κ1) is 10.7. The van der Waals surface area contributed by atoms with Gasteiger partial charge in [-0.25, -0.2) is 4.90 Å². The van der Waals surface area contributed by atoms with Gasteiger partial charge in [0.2, 0.25) is 11.8 Å². The number of benzene rings is 1. The minimum atomic E-state index is -0.171. The molecule has 0 bridgehead atoms. The van der Waals surface area contributed by atoms with Crippen LogP contribution in [0.4, 0.5) is 11.4 Å². The topological polar surface area (TPSA) is 76.3 Å². The molecular formula is C13H11N3O2. The highest BCUT2D eigenvalue weighted by Gasteiger charge is 2.31. The first-order valence-corrected chi connectivity index (χ1v) is 5.67. The molecule has 2 amide bonds. The van der Waals surface area contributed by atoms with Crippen LogP contribution in [-0.2, 0) is 9.59 Å². The highest BCUT2D eigenvalue weighted by atomic mass is 16.2. The van der Waals surface area contributed by atoms with Crippen molar-refractivity contribution >= 4 is 34.1 Å². The lowest BCUT2D eigenvalue weighted by Crippen LogP contribution is -2.28. The van der Waals surface area contributed by atoms with Crippen molar-refractivity contribution in [3.8, 4) is 0 Å². The van der Waals surface area contributed by atoms with Crippen molar-refractivity contribution in [1.82, 2.24) is 4.98 Å². The number of pyridine rings is 1. The molecule has 2 N–H and O–H groups in total. The van der Waals surface area contributed by atoms with E-state index in [9.17, 15) is 9.59 Å². The summed E-state index contributed by atoms with van der Waals surface area (Å²) in [5.74, 6) is -0.343. The smallest absolute Gasteiger partial charge is 0.234 e. The van der Waals surface area contributed by atoms with Gasteiger partial charge in [-0.3, -0.25) is 14.6 Å². The average molecular weight is 241 g/mol. The number of nitrogens with two attached hydrogens (primary N) is 1. The van der Waals surface area contributed by atoms with E-state index in [2.05, 4.69) is 4.98 Å². The number of imide groups is 1. The number of carbonyl (C=O) groups excluding carboxylic acids is 2. The maximum Gasteiger partial charge on any atom is 0.234 e. The predicted octanol–water partition coefficient (Wildman–Crippen LogP) is 1.47. The third-order valence-electron chi connectivity index (χ3n) is 3.07. The Morgan fingerprint density at radius 2 is 1.83 bits per heavy atom. The van der Waals surface area contributed by atoms with E-state index in [1.54, 1.807) is 24.4 Å².